The number of amidine groups is 1. The topological polar surface area (TPSA) is 93.8 Å². The molecule has 86 valence electrons. The molecule has 0 aliphatic carbocycles. The van der Waals surface area contributed by atoms with Crippen LogP contribution in [0.2, 0.25) is 0 Å². The van der Waals surface area contributed by atoms with E-state index in [-0.39, 0.29) is 5.84 Å². The quantitative estimate of drug-likeness (QED) is 0.758. The minimum absolute atomic E-state index is 0.0465. The molecule has 0 radical (unpaired) electrons. The molecule has 16 heavy (non-hydrogen) atoms. The number of hydrogen-bond donors (Lipinski definition) is 2. The highest BCUT2D eigenvalue weighted by Gasteiger charge is 2.29. The number of methoxy groups -OCH3 is 1. The van der Waals surface area contributed by atoms with Crippen LogP contribution in [0.3, 0.4) is 0 Å². The van der Waals surface area contributed by atoms with Gasteiger partial charge in [-0.1, -0.05) is 12.1 Å². The highest BCUT2D eigenvalue weighted by atomic mass is 32.2. The molecule has 3 N–H and O–H groups in total. The molecule has 0 bridgehead atoms. The van der Waals surface area contributed by atoms with Crippen molar-refractivity contribution in [2.75, 3.05) is 7.11 Å². The molecule has 1 heterocycles. The van der Waals surface area contributed by atoms with E-state index in [9.17, 15) is 8.42 Å². The molecule has 7 heteroatoms. The number of nitrogens with one attached hydrogen (secondary N) is 1. The minimum Gasteiger partial charge on any atom is -0.497 e. The Morgan fingerprint density at radius 1 is 1.38 bits per heavy atom. The Kier molecular flexibility index (Phi) is 2.56. The molecule has 0 saturated heterocycles. The molecule has 1 aromatic rings. The number of rotatable bonds is 2. The third kappa shape index (κ3) is 2.00. The highest BCUT2D eigenvalue weighted by Crippen LogP contribution is 2.22. The lowest BCUT2D eigenvalue weighted by Crippen LogP contribution is -2.28. The summed E-state index contributed by atoms with van der Waals surface area (Å²) in [5, 5.41) is 0. The molecule has 1 atom stereocenters. The fraction of sp³-hybridized carbons (Fsp3) is 0.222. The smallest absolute Gasteiger partial charge is 0.322 e. The lowest BCUT2D eigenvalue weighted by atomic mass is 10.1. The van der Waals surface area contributed by atoms with E-state index in [4.69, 9.17) is 10.5 Å². The summed E-state index contributed by atoms with van der Waals surface area (Å²) in [5.41, 5.74) is 6.26. The van der Waals surface area contributed by atoms with Crippen molar-refractivity contribution >= 4 is 16.0 Å². The Morgan fingerprint density at radius 3 is 2.44 bits per heavy atom. The maximum absolute atomic E-state index is 11.1. The Balaban J connectivity index is 2.30. The van der Waals surface area contributed by atoms with Crippen molar-refractivity contribution in [3.63, 3.8) is 0 Å². The van der Waals surface area contributed by atoms with Gasteiger partial charge in [0.05, 0.1) is 7.11 Å². The number of benzene rings is 1. The standard InChI is InChI=1S/C9H11N3O3S/c1-15-7-4-2-6(3-5-7)8-9(10)12-16(13,14)11-8/h2-5,8,11H,1H3,(H2,10,12)/t8-/m0/s1. The van der Waals surface area contributed by atoms with Gasteiger partial charge in [0, 0.05) is 0 Å². The first-order valence-corrected chi connectivity index (χ1v) is 5.97. The molecule has 0 saturated carbocycles. The number of ether oxygens (including phenoxy) is 1. The van der Waals surface area contributed by atoms with E-state index < -0.39 is 16.3 Å². The highest BCUT2D eigenvalue weighted by molar-refractivity contribution is 7.88. The predicted octanol–water partition coefficient (Wildman–Crippen LogP) is -0.0585. The lowest BCUT2D eigenvalue weighted by Gasteiger charge is -2.10. The van der Waals surface area contributed by atoms with Gasteiger partial charge < -0.3 is 10.5 Å². The summed E-state index contributed by atoms with van der Waals surface area (Å²) in [4.78, 5) is 0. The zero-order valence-corrected chi connectivity index (χ0v) is 9.36. The zero-order valence-electron chi connectivity index (χ0n) is 8.54. The zero-order chi connectivity index (χ0) is 11.8. The van der Waals surface area contributed by atoms with Crippen molar-refractivity contribution in [3.8, 4) is 5.75 Å². The third-order valence-electron chi connectivity index (χ3n) is 2.24. The molecule has 1 aliphatic heterocycles. The monoisotopic (exact) mass is 241 g/mol. The van der Waals surface area contributed by atoms with Gasteiger partial charge in [0.2, 0.25) is 0 Å². The average molecular weight is 241 g/mol. The van der Waals surface area contributed by atoms with Gasteiger partial charge >= 0.3 is 10.2 Å². The summed E-state index contributed by atoms with van der Waals surface area (Å²) in [5.74, 6) is 0.741. The van der Waals surface area contributed by atoms with E-state index in [1.165, 1.54) is 0 Å². The van der Waals surface area contributed by atoms with Crippen LogP contribution in [0.5, 0.6) is 5.75 Å². The molecular weight excluding hydrogens is 230 g/mol. The molecule has 1 aliphatic rings. The fourth-order valence-electron chi connectivity index (χ4n) is 1.46. The summed E-state index contributed by atoms with van der Waals surface area (Å²) in [7, 11) is -2.07. The van der Waals surface area contributed by atoms with E-state index in [0.29, 0.717) is 5.75 Å². The van der Waals surface area contributed by atoms with Crippen LogP contribution >= 0.6 is 0 Å². The summed E-state index contributed by atoms with van der Waals surface area (Å²) in [6.45, 7) is 0. The van der Waals surface area contributed by atoms with Crippen molar-refractivity contribution in [3.05, 3.63) is 29.8 Å². The van der Waals surface area contributed by atoms with E-state index in [2.05, 4.69) is 9.12 Å². The van der Waals surface area contributed by atoms with Crippen molar-refractivity contribution in [2.24, 2.45) is 10.1 Å². The number of nitrogens with zero attached hydrogens (tertiary/aromatic N) is 1. The molecule has 0 aromatic heterocycles. The first kappa shape index (κ1) is 10.9. The molecule has 0 fully saturated rings. The van der Waals surface area contributed by atoms with Gasteiger partial charge in [-0.15, -0.1) is 4.40 Å². The van der Waals surface area contributed by atoms with Crippen LogP contribution in [-0.2, 0) is 10.2 Å². The van der Waals surface area contributed by atoms with E-state index in [1.807, 2.05) is 0 Å². The second kappa shape index (κ2) is 3.76. The molecule has 1 aromatic carbocycles. The van der Waals surface area contributed by atoms with Crippen LogP contribution in [-0.4, -0.2) is 21.4 Å². The second-order valence-electron chi connectivity index (χ2n) is 3.32. The maximum Gasteiger partial charge on any atom is 0.322 e. The fourth-order valence-corrected chi connectivity index (χ4v) is 2.45. The Bertz CT molecular complexity index is 521. The maximum atomic E-state index is 11.1. The summed E-state index contributed by atoms with van der Waals surface area (Å²) >= 11 is 0. The van der Waals surface area contributed by atoms with Crippen molar-refractivity contribution in [1.29, 1.82) is 0 Å². The summed E-state index contributed by atoms with van der Waals surface area (Å²) in [6.07, 6.45) is 0. The SMILES string of the molecule is COc1ccc([C@@H]2NS(=O)(=O)N=C2N)cc1. The molecular formula is C9H11N3O3S. The Labute approximate surface area is 93.3 Å². The van der Waals surface area contributed by atoms with E-state index >= 15 is 0 Å². The van der Waals surface area contributed by atoms with Crippen LogP contribution in [0, 0.1) is 0 Å². The predicted molar refractivity (Wildman–Crippen MR) is 59.4 cm³/mol. The molecule has 6 nitrogen and oxygen atoms in total. The van der Waals surface area contributed by atoms with Crippen LogP contribution in [0.4, 0.5) is 0 Å². The first-order valence-electron chi connectivity index (χ1n) is 4.53. The van der Waals surface area contributed by atoms with E-state index in [1.54, 1.807) is 31.4 Å². The number of nitrogens with two attached hydrogens (primary N) is 1. The minimum atomic E-state index is -3.63. The first-order chi connectivity index (χ1) is 7.52. The largest absolute Gasteiger partial charge is 0.497 e. The van der Waals surface area contributed by atoms with Crippen molar-refractivity contribution < 1.29 is 13.2 Å². The normalized spacial score (nSPS) is 22.8. The van der Waals surface area contributed by atoms with Gasteiger partial charge in [-0.2, -0.15) is 13.1 Å². The number of hydrogen-bond acceptors (Lipinski definition) is 4. The van der Waals surface area contributed by atoms with Gasteiger partial charge in [0.25, 0.3) is 0 Å². The van der Waals surface area contributed by atoms with Crippen molar-refractivity contribution in [1.82, 2.24) is 4.72 Å². The van der Waals surface area contributed by atoms with Crippen LogP contribution in [0.25, 0.3) is 0 Å². The molecule has 0 amide bonds. The Hall–Kier alpha value is -1.60. The Morgan fingerprint density at radius 2 is 2.00 bits per heavy atom. The van der Waals surface area contributed by atoms with Crippen LogP contribution in [0.15, 0.2) is 28.7 Å². The van der Waals surface area contributed by atoms with Gasteiger partial charge in [0.1, 0.15) is 17.6 Å². The van der Waals surface area contributed by atoms with Crippen LogP contribution < -0.4 is 15.2 Å². The van der Waals surface area contributed by atoms with Crippen LogP contribution in [0.1, 0.15) is 11.6 Å². The summed E-state index contributed by atoms with van der Waals surface area (Å²) in [6, 6.07) is 6.35. The molecule has 0 spiro atoms. The van der Waals surface area contributed by atoms with Gasteiger partial charge in [0.15, 0.2) is 0 Å². The van der Waals surface area contributed by atoms with Crippen molar-refractivity contribution in [2.45, 2.75) is 6.04 Å². The molecule has 0 unspecified atom stereocenters. The average Bonchev–Trinajstić information content (AvgIpc) is 2.52. The van der Waals surface area contributed by atoms with Gasteiger partial charge in [-0.25, -0.2) is 0 Å². The summed E-state index contributed by atoms with van der Waals surface area (Å²) < 4.78 is 33.0. The molecule has 2 rings (SSSR count). The second-order valence-corrected chi connectivity index (χ2v) is 4.68. The van der Waals surface area contributed by atoms with Gasteiger partial charge in [-0.3, -0.25) is 0 Å². The van der Waals surface area contributed by atoms with Gasteiger partial charge in [-0.05, 0) is 17.7 Å². The lowest BCUT2D eigenvalue weighted by molar-refractivity contribution is 0.414. The van der Waals surface area contributed by atoms with E-state index in [0.717, 1.165) is 5.56 Å². The third-order valence-corrected chi connectivity index (χ3v) is 3.22.